The van der Waals surface area contributed by atoms with Gasteiger partial charge in [0.2, 0.25) is 0 Å². The lowest BCUT2D eigenvalue weighted by atomic mass is 9.93. The maximum atomic E-state index is 12.1. The van der Waals surface area contributed by atoms with Gasteiger partial charge >= 0.3 is 0 Å². The number of aryl methyl sites for hydroxylation is 1. The van der Waals surface area contributed by atoms with Gasteiger partial charge in [-0.2, -0.15) is 5.26 Å². The lowest BCUT2D eigenvalue weighted by Crippen LogP contribution is -2.25. The zero-order valence-corrected chi connectivity index (χ0v) is 12.9. The van der Waals surface area contributed by atoms with Crippen LogP contribution in [0.5, 0.6) is 0 Å². The van der Waals surface area contributed by atoms with Crippen LogP contribution >= 0.6 is 11.3 Å². The van der Waals surface area contributed by atoms with Gasteiger partial charge in [-0.25, -0.2) is 4.98 Å². The molecule has 4 nitrogen and oxygen atoms in total. The summed E-state index contributed by atoms with van der Waals surface area (Å²) in [7, 11) is 0. The van der Waals surface area contributed by atoms with Crippen LogP contribution in [0.2, 0.25) is 0 Å². The molecule has 0 aromatic carbocycles. The van der Waals surface area contributed by atoms with E-state index in [-0.39, 0.29) is 16.5 Å². The molecule has 0 saturated carbocycles. The summed E-state index contributed by atoms with van der Waals surface area (Å²) in [6.45, 7) is 8.61. The molecule has 2 aromatic heterocycles. The maximum Gasteiger partial charge on any atom is 0.269 e. The van der Waals surface area contributed by atoms with Gasteiger partial charge in [0.15, 0.2) is 0 Å². The van der Waals surface area contributed by atoms with Crippen LogP contribution in [0.3, 0.4) is 0 Å². The van der Waals surface area contributed by atoms with E-state index in [1.54, 1.807) is 28.0 Å². The van der Waals surface area contributed by atoms with E-state index in [1.165, 1.54) is 0 Å². The van der Waals surface area contributed by atoms with Crippen molar-refractivity contribution in [2.75, 3.05) is 0 Å². The first-order valence-electron chi connectivity index (χ1n) is 6.38. The molecule has 0 radical (unpaired) electrons. The number of hydrogen-bond acceptors (Lipinski definition) is 4. The standard InChI is InChI=1S/C15H17N3OS/c1-10-5-6-11(7-16)14(19)18(10)8-13-17-12(9-20-13)15(2,3)4/h5-6,9H,8H2,1-4H3. The first-order valence-corrected chi connectivity index (χ1v) is 7.26. The normalized spacial score (nSPS) is 11.3. The molecule has 0 N–H and O–H groups in total. The Morgan fingerprint density at radius 1 is 1.40 bits per heavy atom. The number of pyridine rings is 1. The van der Waals surface area contributed by atoms with E-state index < -0.39 is 0 Å². The van der Waals surface area contributed by atoms with Gasteiger partial charge in [-0.3, -0.25) is 4.79 Å². The minimum Gasteiger partial charge on any atom is -0.305 e. The van der Waals surface area contributed by atoms with Crippen LogP contribution in [0.4, 0.5) is 0 Å². The van der Waals surface area contributed by atoms with E-state index in [2.05, 4.69) is 25.8 Å². The Labute approximate surface area is 122 Å². The van der Waals surface area contributed by atoms with Crippen LogP contribution in [-0.4, -0.2) is 9.55 Å². The predicted octanol–water partition coefficient (Wildman–Crippen LogP) is 2.83. The van der Waals surface area contributed by atoms with Gasteiger partial charge in [0.1, 0.15) is 16.6 Å². The van der Waals surface area contributed by atoms with Crippen molar-refractivity contribution in [3.05, 3.63) is 49.8 Å². The Balaban J connectivity index is 2.39. The third kappa shape index (κ3) is 2.81. The quantitative estimate of drug-likeness (QED) is 0.853. The van der Waals surface area contributed by atoms with Gasteiger partial charge < -0.3 is 4.57 Å². The second-order valence-corrected chi connectivity index (χ2v) is 6.71. The fraction of sp³-hybridized carbons (Fsp3) is 0.400. The average molecular weight is 287 g/mol. The molecule has 0 amide bonds. The molecule has 0 fully saturated rings. The molecule has 0 unspecified atom stereocenters. The van der Waals surface area contributed by atoms with Gasteiger partial charge in [0.25, 0.3) is 5.56 Å². The highest BCUT2D eigenvalue weighted by Crippen LogP contribution is 2.24. The van der Waals surface area contributed by atoms with Gasteiger partial charge in [-0.05, 0) is 19.1 Å². The van der Waals surface area contributed by atoms with E-state index in [0.29, 0.717) is 6.54 Å². The summed E-state index contributed by atoms with van der Waals surface area (Å²) in [5, 5.41) is 11.9. The second-order valence-electron chi connectivity index (χ2n) is 5.77. The Morgan fingerprint density at radius 2 is 2.10 bits per heavy atom. The lowest BCUT2D eigenvalue weighted by Gasteiger charge is -2.14. The van der Waals surface area contributed by atoms with Crippen LogP contribution in [0.25, 0.3) is 0 Å². The number of rotatable bonds is 2. The van der Waals surface area contributed by atoms with E-state index in [9.17, 15) is 4.79 Å². The summed E-state index contributed by atoms with van der Waals surface area (Å²) in [6.07, 6.45) is 0. The molecule has 20 heavy (non-hydrogen) atoms. The lowest BCUT2D eigenvalue weighted by molar-refractivity contribution is 0.569. The van der Waals surface area contributed by atoms with Gasteiger partial charge in [-0.1, -0.05) is 20.8 Å². The first kappa shape index (κ1) is 14.5. The fourth-order valence-electron chi connectivity index (χ4n) is 1.82. The minimum atomic E-state index is -0.250. The van der Waals surface area contributed by atoms with Crippen molar-refractivity contribution < 1.29 is 0 Å². The Hall–Kier alpha value is -1.93. The topological polar surface area (TPSA) is 58.7 Å². The number of hydrogen-bond donors (Lipinski definition) is 0. The fourth-order valence-corrected chi connectivity index (χ4v) is 2.82. The first-order chi connectivity index (χ1) is 9.32. The van der Waals surface area contributed by atoms with Crippen LogP contribution in [0.15, 0.2) is 22.3 Å². The zero-order chi connectivity index (χ0) is 14.9. The number of nitriles is 1. The zero-order valence-electron chi connectivity index (χ0n) is 12.1. The van der Waals surface area contributed by atoms with Gasteiger partial charge in [-0.15, -0.1) is 11.3 Å². The molecule has 104 valence electrons. The van der Waals surface area contributed by atoms with E-state index in [1.807, 2.05) is 18.4 Å². The third-order valence-electron chi connectivity index (χ3n) is 3.13. The van der Waals surface area contributed by atoms with Crippen molar-refractivity contribution in [2.24, 2.45) is 0 Å². The van der Waals surface area contributed by atoms with Crippen molar-refractivity contribution in [3.63, 3.8) is 0 Å². The van der Waals surface area contributed by atoms with Crippen molar-refractivity contribution in [2.45, 2.75) is 39.7 Å². The largest absolute Gasteiger partial charge is 0.305 e. The molecule has 0 aliphatic heterocycles. The summed E-state index contributed by atoms with van der Waals surface area (Å²) in [5.74, 6) is 0. The van der Waals surface area contributed by atoms with Crippen LogP contribution < -0.4 is 5.56 Å². The molecule has 0 bridgehead atoms. The van der Waals surface area contributed by atoms with E-state index in [0.717, 1.165) is 16.4 Å². The number of thiazole rings is 1. The van der Waals surface area contributed by atoms with Crippen LogP contribution in [-0.2, 0) is 12.0 Å². The van der Waals surface area contributed by atoms with Crippen LogP contribution in [0, 0.1) is 18.3 Å². The molecule has 0 aliphatic rings. The Bertz CT molecular complexity index is 729. The second kappa shape index (κ2) is 5.22. The van der Waals surface area contributed by atoms with Crippen molar-refractivity contribution >= 4 is 11.3 Å². The van der Waals surface area contributed by atoms with Gasteiger partial charge in [0, 0.05) is 16.5 Å². The smallest absolute Gasteiger partial charge is 0.269 e. The molecule has 2 aromatic rings. The summed E-state index contributed by atoms with van der Waals surface area (Å²) in [6, 6.07) is 5.28. The van der Waals surface area contributed by atoms with Crippen molar-refractivity contribution in [1.29, 1.82) is 5.26 Å². The van der Waals surface area contributed by atoms with E-state index >= 15 is 0 Å². The molecular formula is C15H17N3OS. The van der Waals surface area contributed by atoms with Gasteiger partial charge in [0.05, 0.1) is 12.2 Å². The molecule has 0 aliphatic carbocycles. The SMILES string of the molecule is Cc1ccc(C#N)c(=O)n1Cc1nc(C(C)(C)C)cs1. The van der Waals surface area contributed by atoms with Crippen molar-refractivity contribution in [3.8, 4) is 6.07 Å². The molecular weight excluding hydrogens is 270 g/mol. The molecule has 5 heteroatoms. The summed E-state index contributed by atoms with van der Waals surface area (Å²) in [4.78, 5) is 16.7. The monoisotopic (exact) mass is 287 g/mol. The molecule has 0 spiro atoms. The highest BCUT2D eigenvalue weighted by Gasteiger charge is 2.18. The summed E-state index contributed by atoms with van der Waals surface area (Å²) >= 11 is 1.55. The summed E-state index contributed by atoms with van der Waals surface area (Å²) in [5.41, 5.74) is 1.79. The van der Waals surface area contributed by atoms with Crippen LogP contribution in [0.1, 0.15) is 42.7 Å². The third-order valence-corrected chi connectivity index (χ3v) is 3.96. The maximum absolute atomic E-state index is 12.1. The Kier molecular flexibility index (Phi) is 3.78. The summed E-state index contributed by atoms with van der Waals surface area (Å²) < 4.78 is 1.60. The number of nitrogens with zero attached hydrogens (tertiary/aromatic N) is 3. The minimum absolute atomic E-state index is 0.00323. The van der Waals surface area contributed by atoms with Crippen molar-refractivity contribution in [1.82, 2.24) is 9.55 Å². The Morgan fingerprint density at radius 3 is 2.65 bits per heavy atom. The number of aromatic nitrogens is 2. The molecule has 2 heterocycles. The molecule has 2 rings (SSSR count). The highest BCUT2D eigenvalue weighted by atomic mass is 32.1. The highest BCUT2D eigenvalue weighted by molar-refractivity contribution is 7.09. The molecule has 0 atom stereocenters. The van der Waals surface area contributed by atoms with E-state index in [4.69, 9.17) is 5.26 Å². The molecule has 0 saturated heterocycles. The average Bonchev–Trinajstić information content (AvgIpc) is 2.83. The predicted molar refractivity (Wildman–Crippen MR) is 80.1 cm³/mol.